The average molecular weight is 260 g/mol. The Hall–Kier alpha value is -2.14. The largest absolute Gasteiger partial charge is 0.387 e. The molecule has 0 fully saturated rings. The predicted octanol–water partition coefficient (Wildman–Crippen LogP) is 2.69. The molecule has 19 heavy (non-hydrogen) atoms. The highest BCUT2D eigenvalue weighted by Gasteiger charge is 2.07. The van der Waals surface area contributed by atoms with E-state index in [9.17, 15) is 15.2 Å². The Morgan fingerprint density at radius 1 is 1.32 bits per heavy atom. The van der Waals surface area contributed by atoms with Crippen LogP contribution in [0.25, 0.3) is 0 Å². The summed E-state index contributed by atoms with van der Waals surface area (Å²) in [5.74, 6) is 0. The van der Waals surface area contributed by atoms with E-state index < -0.39 is 11.0 Å². The molecule has 1 N–H and O–H groups in total. The number of hydrogen-bond donors (Lipinski definition) is 1. The van der Waals surface area contributed by atoms with Gasteiger partial charge in [-0.2, -0.15) is 0 Å². The maximum Gasteiger partial charge on any atom is 0.269 e. The Labute approximate surface area is 111 Å². The van der Waals surface area contributed by atoms with Crippen molar-refractivity contribution in [2.75, 3.05) is 0 Å². The number of aliphatic hydroxyl groups excluding tert-OH is 1. The molecular formula is C14H16N2O3. The van der Waals surface area contributed by atoms with Crippen LogP contribution in [-0.2, 0) is 13.0 Å². The highest BCUT2D eigenvalue weighted by Crippen LogP contribution is 2.15. The van der Waals surface area contributed by atoms with E-state index >= 15 is 0 Å². The number of nitrogens with zero attached hydrogens (tertiary/aromatic N) is 2. The fraction of sp³-hybridized carbons (Fsp3) is 0.286. The van der Waals surface area contributed by atoms with Crippen LogP contribution in [0.2, 0.25) is 0 Å². The van der Waals surface area contributed by atoms with Crippen molar-refractivity contribution in [2.24, 2.45) is 0 Å². The summed E-state index contributed by atoms with van der Waals surface area (Å²) in [6.07, 6.45) is 2.20. The first-order chi connectivity index (χ1) is 9.08. The number of benzene rings is 1. The van der Waals surface area contributed by atoms with Crippen LogP contribution in [0.15, 0.2) is 42.6 Å². The second-order valence-electron chi connectivity index (χ2n) is 4.48. The standard InChI is InChI=1S/C14H16N2O3/c1-11(17)14-3-2-9-15(14)10-8-12-4-6-13(7-5-12)16(18)19/h2-7,9,11,17H,8,10H2,1H3. The summed E-state index contributed by atoms with van der Waals surface area (Å²) in [5.41, 5.74) is 2.02. The minimum absolute atomic E-state index is 0.106. The minimum atomic E-state index is -0.494. The maximum atomic E-state index is 10.6. The van der Waals surface area contributed by atoms with Gasteiger partial charge >= 0.3 is 0 Å². The van der Waals surface area contributed by atoms with Crippen molar-refractivity contribution in [1.82, 2.24) is 4.57 Å². The van der Waals surface area contributed by atoms with Crippen LogP contribution in [0, 0.1) is 10.1 Å². The number of aryl methyl sites for hydroxylation is 2. The molecule has 2 aromatic rings. The van der Waals surface area contributed by atoms with Gasteiger partial charge in [-0.25, -0.2) is 0 Å². The van der Waals surface area contributed by atoms with Crippen molar-refractivity contribution >= 4 is 5.69 Å². The summed E-state index contributed by atoms with van der Waals surface area (Å²) in [6, 6.07) is 10.4. The van der Waals surface area contributed by atoms with Gasteiger partial charge in [0.25, 0.3) is 5.69 Å². The molecule has 0 aliphatic carbocycles. The first kappa shape index (κ1) is 13.3. The molecule has 0 spiro atoms. The molecule has 0 aliphatic heterocycles. The normalized spacial score (nSPS) is 12.3. The Morgan fingerprint density at radius 3 is 2.58 bits per heavy atom. The number of aromatic nitrogens is 1. The van der Waals surface area contributed by atoms with Gasteiger partial charge in [-0.3, -0.25) is 10.1 Å². The summed E-state index contributed by atoms with van der Waals surface area (Å²) in [7, 11) is 0. The molecule has 1 atom stereocenters. The van der Waals surface area contributed by atoms with E-state index in [1.165, 1.54) is 12.1 Å². The molecule has 5 heteroatoms. The van der Waals surface area contributed by atoms with Crippen molar-refractivity contribution in [2.45, 2.75) is 26.0 Å². The number of hydrogen-bond acceptors (Lipinski definition) is 3. The summed E-state index contributed by atoms with van der Waals surface area (Å²) in [6.45, 7) is 2.47. The van der Waals surface area contributed by atoms with Gasteiger partial charge in [-0.05, 0) is 31.0 Å². The lowest BCUT2D eigenvalue weighted by Gasteiger charge is -2.11. The second kappa shape index (κ2) is 5.67. The van der Waals surface area contributed by atoms with E-state index in [1.807, 2.05) is 22.9 Å². The van der Waals surface area contributed by atoms with E-state index in [1.54, 1.807) is 19.1 Å². The van der Waals surface area contributed by atoms with Crippen molar-refractivity contribution in [1.29, 1.82) is 0 Å². The zero-order chi connectivity index (χ0) is 13.8. The van der Waals surface area contributed by atoms with Crippen molar-refractivity contribution in [3.63, 3.8) is 0 Å². The first-order valence-corrected chi connectivity index (χ1v) is 6.14. The number of nitro groups is 1. The summed E-state index contributed by atoms with van der Waals surface area (Å²) >= 11 is 0. The number of rotatable bonds is 5. The molecule has 1 unspecified atom stereocenters. The van der Waals surface area contributed by atoms with Crippen LogP contribution in [0.1, 0.15) is 24.3 Å². The second-order valence-corrected chi connectivity index (χ2v) is 4.48. The van der Waals surface area contributed by atoms with Crippen LogP contribution in [0.4, 0.5) is 5.69 Å². The molecule has 0 saturated carbocycles. The van der Waals surface area contributed by atoms with Gasteiger partial charge in [0, 0.05) is 30.6 Å². The Kier molecular flexibility index (Phi) is 3.97. The van der Waals surface area contributed by atoms with Crippen LogP contribution >= 0.6 is 0 Å². The van der Waals surface area contributed by atoms with Gasteiger partial charge in [0.2, 0.25) is 0 Å². The highest BCUT2D eigenvalue weighted by molar-refractivity contribution is 5.32. The maximum absolute atomic E-state index is 10.6. The summed E-state index contributed by atoms with van der Waals surface area (Å²) in [5, 5.41) is 20.1. The topological polar surface area (TPSA) is 68.3 Å². The molecule has 100 valence electrons. The smallest absolute Gasteiger partial charge is 0.269 e. The third-order valence-electron chi connectivity index (χ3n) is 3.08. The number of nitro benzene ring substituents is 1. The summed E-state index contributed by atoms with van der Waals surface area (Å²) < 4.78 is 1.99. The van der Waals surface area contributed by atoms with Crippen LogP contribution < -0.4 is 0 Å². The fourth-order valence-electron chi connectivity index (χ4n) is 2.04. The van der Waals surface area contributed by atoms with Crippen molar-refractivity contribution in [3.8, 4) is 0 Å². The van der Waals surface area contributed by atoms with Gasteiger partial charge in [0.1, 0.15) is 0 Å². The van der Waals surface area contributed by atoms with E-state index in [4.69, 9.17) is 0 Å². The molecule has 0 saturated heterocycles. The predicted molar refractivity (Wildman–Crippen MR) is 71.9 cm³/mol. The lowest BCUT2D eigenvalue weighted by Crippen LogP contribution is -2.06. The van der Waals surface area contributed by atoms with Gasteiger partial charge in [0.05, 0.1) is 11.0 Å². The fourth-order valence-corrected chi connectivity index (χ4v) is 2.04. The van der Waals surface area contributed by atoms with Gasteiger partial charge in [-0.1, -0.05) is 12.1 Å². The first-order valence-electron chi connectivity index (χ1n) is 6.14. The molecule has 1 aromatic heterocycles. The molecule has 5 nitrogen and oxygen atoms in total. The zero-order valence-electron chi connectivity index (χ0n) is 10.7. The lowest BCUT2D eigenvalue weighted by molar-refractivity contribution is -0.384. The van der Waals surface area contributed by atoms with E-state index in [0.717, 1.165) is 24.2 Å². The quantitative estimate of drug-likeness (QED) is 0.663. The van der Waals surface area contributed by atoms with Gasteiger partial charge < -0.3 is 9.67 Å². The Balaban J connectivity index is 2.02. The van der Waals surface area contributed by atoms with E-state index in [2.05, 4.69) is 0 Å². The van der Waals surface area contributed by atoms with Gasteiger partial charge in [0.15, 0.2) is 0 Å². The molecule has 1 heterocycles. The molecule has 1 aromatic carbocycles. The SMILES string of the molecule is CC(O)c1cccn1CCc1ccc([N+](=O)[O-])cc1. The van der Waals surface area contributed by atoms with E-state index in [0.29, 0.717) is 0 Å². The number of aliphatic hydroxyl groups is 1. The molecule has 0 radical (unpaired) electrons. The monoisotopic (exact) mass is 260 g/mol. The molecule has 0 aliphatic rings. The highest BCUT2D eigenvalue weighted by atomic mass is 16.6. The van der Waals surface area contributed by atoms with E-state index in [-0.39, 0.29) is 5.69 Å². The zero-order valence-corrected chi connectivity index (χ0v) is 10.7. The van der Waals surface area contributed by atoms with Crippen molar-refractivity contribution < 1.29 is 10.0 Å². The Bertz CT molecular complexity index is 558. The molecule has 0 amide bonds. The minimum Gasteiger partial charge on any atom is -0.387 e. The third-order valence-corrected chi connectivity index (χ3v) is 3.08. The summed E-state index contributed by atoms with van der Waals surface area (Å²) in [4.78, 5) is 10.1. The lowest BCUT2D eigenvalue weighted by atomic mass is 10.1. The number of non-ortho nitro benzene ring substituents is 1. The third kappa shape index (κ3) is 3.20. The van der Waals surface area contributed by atoms with Crippen molar-refractivity contribution in [3.05, 3.63) is 64.0 Å². The molecular weight excluding hydrogens is 244 g/mol. The Morgan fingerprint density at radius 2 is 2.00 bits per heavy atom. The molecule has 2 rings (SSSR count). The van der Waals surface area contributed by atoms with Gasteiger partial charge in [-0.15, -0.1) is 0 Å². The van der Waals surface area contributed by atoms with Crippen LogP contribution in [0.5, 0.6) is 0 Å². The van der Waals surface area contributed by atoms with Crippen LogP contribution in [0.3, 0.4) is 0 Å². The van der Waals surface area contributed by atoms with Crippen LogP contribution in [-0.4, -0.2) is 14.6 Å². The average Bonchev–Trinajstić information content (AvgIpc) is 2.85. The molecule has 0 bridgehead atoms.